The molecule has 0 aliphatic carbocycles. The lowest BCUT2D eigenvalue weighted by Crippen LogP contribution is -2.25. The van der Waals surface area contributed by atoms with Crippen molar-refractivity contribution in [2.45, 2.75) is 20.8 Å². The summed E-state index contributed by atoms with van der Waals surface area (Å²) in [5, 5.41) is 4.73. The van der Waals surface area contributed by atoms with Crippen LogP contribution in [0.2, 0.25) is 5.02 Å². The maximum Gasteiger partial charge on any atom is 0.277 e. The highest BCUT2D eigenvalue weighted by atomic mass is 35.5. The van der Waals surface area contributed by atoms with Crippen LogP contribution in [0.15, 0.2) is 47.6 Å². The number of benzene rings is 2. The average Bonchev–Trinajstić information content (AvgIpc) is 2.50. The molecule has 0 atom stereocenters. The fourth-order valence-corrected chi connectivity index (χ4v) is 2.23. The van der Waals surface area contributed by atoms with Gasteiger partial charge in [-0.05, 0) is 61.7 Å². The first kappa shape index (κ1) is 17.0. The predicted octanol–water partition coefficient (Wildman–Crippen LogP) is 3.88. The van der Waals surface area contributed by atoms with Crippen molar-refractivity contribution in [1.29, 1.82) is 0 Å². The number of carbonyl (C=O) groups is 1. The zero-order chi connectivity index (χ0) is 16.8. The molecule has 0 fully saturated rings. The van der Waals surface area contributed by atoms with E-state index in [0.717, 1.165) is 16.7 Å². The standard InChI is InChI=1S/C18H19ClN2O2/c1-12-8-13(2)10-17(9-12)23-11-18(22)21-20-14(3)15-4-6-16(19)7-5-15/h4-10H,11H2,1-3H3,(H,21,22)/b20-14+. The van der Waals surface area contributed by atoms with Crippen molar-refractivity contribution in [2.24, 2.45) is 5.10 Å². The summed E-state index contributed by atoms with van der Waals surface area (Å²) in [6.07, 6.45) is 0. The van der Waals surface area contributed by atoms with Crippen LogP contribution in [0.1, 0.15) is 23.6 Å². The molecule has 0 heterocycles. The van der Waals surface area contributed by atoms with Crippen LogP contribution in [0.4, 0.5) is 0 Å². The molecule has 23 heavy (non-hydrogen) atoms. The zero-order valence-electron chi connectivity index (χ0n) is 13.4. The summed E-state index contributed by atoms with van der Waals surface area (Å²) in [6.45, 7) is 5.70. The molecule has 0 spiro atoms. The van der Waals surface area contributed by atoms with Gasteiger partial charge in [0.25, 0.3) is 5.91 Å². The number of aryl methyl sites for hydroxylation is 2. The number of nitrogens with zero attached hydrogens (tertiary/aromatic N) is 1. The summed E-state index contributed by atoms with van der Waals surface area (Å²) in [5.41, 5.74) is 6.26. The third-order valence-electron chi connectivity index (χ3n) is 3.18. The van der Waals surface area contributed by atoms with Crippen molar-refractivity contribution in [1.82, 2.24) is 5.43 Å². The molecule has 120 valence electrons. The van der Waals surface area contributed by atoms with E-state index in [9.17, 15) is 4.79 Å². The van der Waals surface area contributed by atoms with Gasteiger partial charge in [0.05, 0.1) is 5.71 Å². The molecule has 0 unspecified atom stereocenters. The average molecular weight is 331 g/mol. The van der Waals surface area contributed by atoms with Crippen molar-refractivity contribution >= 4 is 23.2 Å². The van der Waals surface area contributed by atoms with Crippen LogP contribution >= 0.6 is 11.6 Å². The van der Waals surface area contributed by atoms with Crippen LogP contribution in [-0.2, 0) is 4.79 Å². The number of hydrazone groups is 1. The summed E-state index contributed by atoms with van der Waals surface area (Å²) in [4.78, 5) is 11.8. The van der Waals surface area contributed by atoms with E-state index in [4.69, 9.17) is 16.3 Å². The van der Waals surface area contributed by atoms with E-state index in [1.165, 1.54) is 0 Å². The Morgan fingerprint density at radius 1 is 1.13 bits per heavy atom. The Morgan fingerprint density at radius 3 is 2.35 bits per heavy atom. The van der Waals surface area contributed by atoms with E-state index >= 15 is 0 Å². The van der Waals surface area contributed by atoms with Crippen molar-refractivity contribution in [3.63, 3.8) is 0 Å². The van der Waals surface area contributed by atoms with Gasteiger partial charge in [-0.2, -0.15) is 5.10 Å². The highest BCUT2D eigenvalue weighted by Crippen LogP contribution is 2.16. The van der Waals surface area contributed by atoms with Gasteiger partial charge in [0, 0.05) is 5.02 Å². The quantitative estimate of drug-likeness (QED) is 0.668. The molecule has 4 nitrogen and oxygen atoms in total. The molecule has 0 bridgehead atoms. The Kier molecular flexibility index (Phi) is 5.77. The van der Waals surface area contributed by atoms with Gasteiger partial charge in [-0.3, -0.25) is 4.79 Å². The maximum absolute atomic E-state index is 11.8. The molecule has 2 aromatic rings. The molecule has 0 aliphatic rings. The zero-order valence-corrected chi connectivity index (χ0v) is 14.1. The van der Waals surface area contributed by atoms with Gasteiger partial charge < -0.3 is 4.74 Å². The molecule has 0 aliphatic heterocycles. The van der Waals surface area contributed by atoms with Crippen molar-refractivity contribution < 1.29 is 9.53 Å². The summed E-state index contributed by atoms with van der Waals surface area (Å²) < 4.78 is 5.48. The molecule has 0 saturated carbocycles. The number of amides is 1. The molecular weight excluding hydrogens is 312 g/mol. The molecule has 0 saturated heterocycles. The summed E-state index contributed by atoms with van der Waals surface area (Å²) in [7, 11) is 0. The summed E-state index contributed by atoms with van der Waals surface area (Å²) in [6, 6.07) is 13.1. The Labute approximate surface area is 141 Å². The smallest absolute Gasteiger partial charge is 0.277 e. The van der Waals surface area contributed by atoms with Gasteiger partial charge in [0.1, 0.15) is 5.75 Å². The molecule has 0 aromatic heterocycles. The number of halogens is 1. The van der Waals surface area contributed by atoms with Crippen LogP contribution < -0.4 is 10.2 Å². The topological polar surface area (TPSA) is 50.7 Å². The minimum atomic E-state index is -0.308. The van der Waals surface area contributed by atoms with Crippen molar-refractivity contribution in [3.8, 4) is 5.75 Å². The van der Waals surface area contributed by atoms with Crippen LogP contribution in [0, 0.1) is 13.8 Å². The first-order valence-electron chi connectivity index (χ1n) is 7.24. The molecule has 1 N–H and O–H groups in total. The minimum Gasteiger partial charge on any atom is -0.484 e. The lowest BCUT2D eigenvalue weighted by atomic mass is 10.1. The lowest BCUT2D eigenvalue weighted by molar-refractivity contribution is -0.123. The number of rotatable bonds is 5. The van der Waals surface area contributed by atoms with E-state index in [-0.39, 0.29) is 12.5 Å². The Morgan fingerprint density at radius 2 is 1.74 bits per heavy atom. The van der Waals surface area contributed by atoms with Crippen LogP contribution in [0.3, 0.4) is 0 Å². The Hall–Kier alpha value is -2.33. The lowest BCUT2D eigenvalue weighted by Gasteiger charge is -2.08. The fraction of sp³-hybridized carbons (Fsp3) is 0.222. The van der Waals surface area contributed by atoms with Crippen molar-refractivity contribution in [3.05, 3.63) is 64.2 Å². The number of ether oxygens (including phenoxy) is 1. The molecule has 2 aromatic carbocycles. The normalized spacial score (nSPS) is 11.2. The van der Waals surface area contributed by atoms with Gasteiger partial charge in [0.2, 0.25) is 0 Å². The molecule has 1 amide bonds. The second-order valence-corrected chi connectivity index (χ2v) is 5.79. The predicted molar refractivity (Wildman–Crippen MR) is 93.2 cm³/mol. The van der Waals surface area contributed by atoms with E-state index < -0.39 is 0 Å². The molecule has 0 radical (unpaired) electrons. The maximum atomic E-state index is 11.8. The van der Waals surface area contributed by atoms with Gasteiger partial charge in [0.15, 0.2) is 6.61 Å². The second kappa shape index (κ2) is 7.79. The van der Waals surface area contributed by atoms with E-state index in [2.05, 4.69) is 10.5 Å². The first-order chi connectivity index (χ1) is 10.9. The van der Waals surface area contributed by atoms with Crippen LogP contribution in [0.25, 0.3) is 0 Å². The summed E-state index contributed by atoms with van der Waals surface area (Å²) in [5.74, 6) is 0.369. The highest BCUT2D eigenvalue weighted by Gasteiger charge is 2.04. The molecule has 5 heteroatoms. The number of nitrogens with one attached hydrogen (secondary N) is 1. The first-order valence-corrected chi connectivity index (χ1v) is 7.62. The minimum absolute atomic E-state index is 0.0830. The SMILES string of the molecule is C/C(=N\NC(=O)COc1cc(C)cc(C)c1)c1ccc(Cl)cc1. The third kappa shape index (κ3) is 5.42. The second-order valence-electron chi connectivity index (χ2n) is 5.35. The van der Waals surface area contributed by atoms with Crippen LogP contribution in [0.5, 0.6) is 5.75 Å². The monoisotopic (exact) mass is 330 g/mol. The molecule has 2 rings (SSSR count). The third-order valence-corrected chi connectivity index (χ3v) is 3.43. The van der Waals surface area contributed by atoms with Gasteiger partial charge in [-0.25, -0.2) is 5.43 Å². The Balaban J connectivity index is 1.89. The van der Waals surface area contributed by atoms with Crippen LogP contribution in [-0.4, -0.2) is 18.2 Å². The van der Waals surface area contributed by atoms with Gasteiger partial charge >= 0.3 is 0 Å². The van der Waals surface area contributed by atoms with E-state index in [0.29, 0.717) is 16.5 Å². The number of hydrogen-bond donors (Lipinski definition) is 1. The van der Waals surface area contributed by atoms with Gasteiger partial charge in [-0.15, -0.1) is 0 Å². The van der Waals surface area contributed by atoms with E-state index in [1.807, 2.05) is 51.1 Å². The number of carbonyl (C=O) groups excluding carboxylic acids is 1. The Bertz CT molecular complexity index is 704. The fourth-order valence-electron chi connectivity index (χ4n) is 2.10. The highest BCUT2D eigenvalue weighted by molar-refractivity contribution is 6.30. The summed E-state index contributed by atoms with van der Waals surface area (Å²) >= 11 is 5.84. The number of hydrogen-bond acceptors (Lipinski definition) is 3. The molecular formula is C18H19ClN2O2. The largest absolute Gasteiger partial charge is 0.484 e. The van der Waals surface area contributed by atoms with Gasteiger partial charge in [-0.1, -0.05) is 29.8 Å². The van der Waals surface area contributed by atoms with Crippen molar-refractivity contribution in [2.75, 3.05) is 6.61 Å². The van der Waals surface area contributed by atoms with E-state index in [1.54, 1.807) is 12.1 Å².